The molecule has 1 fully saturated rings. The molecule has 0 unspecified atom stereocenters. The number of benzene rings is 1. The van der Waals surface area contributed by atoms with Crippen molar-refractivity contribution in [1.82, 2.24) is 9.78 Å². The van der Waals surface area contributed by atoms with Gasteiger partial charge in [0.2, 0.25) is 0 Å². The molecule has 1 saturated heterocycles. The second-order valence-electron chi connectivity index (χ2n) is 6.80. The van der Waals surface area contributed by atoms with Gasteiger partial charge in [-0.05, 0) is 37.3 Å². The Bertz CT molecular complexity index is 775. The van der Waals surface area contributed by atoms with Gasteiger partial charge in [0.25, 0.3) is 0 Å². The first kappa shape index (κ1) is 16.2. The largest absolute Gasteiger partial charge is 0.261 e. The maximum Gasteiger partial charge on any atom is 0.150 e. The van der Waals surface area contributed by atoms with Gasteiger partial charge in [0.15, 0.2) is 0 Å². The molecule has 0 saturated carbocycles. The molecule has 0 atom stereocenters. The average Bonchev–Trinajstić information content (AvgIpc) is 2.93. The predicted octanol–water partition coefficient (Wildman–Crippen LogP) is 3.73. The van der Waals surface area contributed by atoms with E-state index in [0.717, 1.165) is 17.0 Å². The molecule has 0 aliphatic carbocycles. The van der Waals surface area contributed by atoms with Crippen LogP contribution in [0.4, 0.5) is 0 Å². The molecular weight excluding hydrogens is 308 g/mol. The number of rotatable bonds is 3. The van der Waals surface area contributed by atoms with Crippen LogP contribution in [0.25, 0.3) is 11.3 Å². The van der Waals surface area contributed by atoms with Crippen molar-refractivity contribution in [3.05, 3.63) is 41.6 Å². The molecule has 0 radical (unpaired) electrons. The van der Waals surface area contributed by atoms with Crippen LogP contribution < -0.4 is 0 Å². The van der Waals surface area contributed by atoms with E-state index in [1.165, 1.54) is 5.56 Å². The molecular formula is C18H24N2O2S. The minimum absolute atomic E-state index is 0.169. The van der Waals surface area contributed by atoms with Crippen molar-refractivity contribution >= 4 is 9.84 Å². The van der Waals surface area contributed by atoms with Gasteiger partial charge in [0, 0.05) is 0 Å². The fourth-order valence-corrected chi connectivity index (χ4v) is 4.50. The molecule has 0 spiro atoms. The smallest absolute Gasteiger partial charge is 0.150 e. The Kier molecular flexibility index (Phi) is 4.32. The van der Waals surface area contributed by atoms with Gasteiger partial charge in [-0.15, -0.1) is 0 Å². The van der Waals surface area contributed by atoms with Gasteiger partial charge >= 0.3 is 0 Å². The highest BCUT2D eigenvalue weighted by atomic mass is 32.2. The molecule has 23 heavy (non-hydrogen) atoms. The summed E-state index contributed by atoms with van der Waals surface area (Å²) in [5.41, 5.74) is 4.53. The van der Waals surface area contributed by atoms with Crippen LogP contribution in [0.1, 0.15) is 49.9 Å². The van der Waals surface area contributed by atoms with Crippen molar-refractivity contribution in [3.8, 4) is 11.3 Å². The maximum absolute atomic E-state index is 11.7. The fourth-order valence-electron chi connectivity index (χ4n) is 3.04. The first-order chi connectivity index (χ1) is 10.9. The van der Waals surface area contributed by atoms with Crippen LogP contribution in [-0.2, 0) is 9.84 Å². The Balaban J connectivity index is 2.00. The van der Waals surface area contributed by atoms with Crippen LogP contribution in [0.2, 0.25) is 0 Å². The molecule has 2 aromatic rings. The zero-order chi connectivity index (χ0) is 16.6. The molecule has 4 nitrogen and oxygen atoms in total. The van der Waals surface area contributed by atoms with Gasteiger partial charge in [-0.1, -0.05) is 43.7 Å². The highest BCUT2D eigenvalue weighted by Crippen LogP contribution is 2.31. The van der Waals surface area contributed by atoms with Gasteiger partial charge in [-0.25, -0.2) is 8.42 Å². The van der Waals surface area contributed by atoms with Crippen molar-refractivity contribution in [2.24, 2.45) is 0 Å². The quantitative estimate of drug-likeness (QED) is 0.860. The van der Waals surface area contributed by atoms with Crippen LogP contribution in [0.15, 0.2) is 30.3 Å². The summed E-state index contributed by atoms with van der Waals surface area (Å²) >= 11 is 0. The molecule has 5 heteroatoms. The third-order valence-electron chi connectivity index (χ3n) is 4.56. The monoisotopic (exact) mass is 332 g/mol. The summed E-state index contributed by atoms with van der Waals surface area (Å²) in [4.78, 5) is 0. The van der Waals surface area contributed by atoms with Gasteiger partial charge < -0.3 is 0 Å². The highest BCUT2D eigenvalue weighted by molar-refractivity contribution is 7.91. The number of aryl methyl sites for hydroxylation is 1. The number of nitrogens with zero attached hydrogens (tertiary/aromatic N) is 2. The van der Waals surface area contributed by atoms with Crippen molar-refractivity contribution in [2.45, 2.75) is 45.6 Å². The number of hydrogen-bond acceptors (Lipinski definition) is 3. The van der Waals surface area contributed by atoms with Gasteiger partial charge in [-0.2, -0.15) is 5.10 Å². The number of aromatic nitrogens is 2. The van der Waals surface area contributed by atoms with E-state index in [-0.39, 0.29) is 17.5 Å². The van der Waals surface area contributed by atoms with E-state index in [2.05, 4.69) is 55.8 Å². The standard InChI is InChI=1S/C18H24N2O2S/c1-13(2)17-12-18(15-6-4-14(3)5-7-15)20(19-17)16-8-10-23(21,22)11-9-16/h4-7,12-13,16H,8-11H2,1-3H3. The molecule has 124 valence electrons. The fraction of sp³-hybridized carbons (Fsp3) is 0.500. The van der Waals surface area contributed by atoms with E-state index in [0.29, 0.717) is 18.8 Å². The molecule has 1 aliphatic rings. The third-order valence-corrected chi connectivity index (χ3v) is 6.28. The average molecular weight is 332 g/mol. The van der Waals surface area contributed by atoms with Gasteiger partial charge in [0.05, 0.1) is 28.9 Å². The topological polar surface area (TPSA) is 52.0 Å². The third kappa shape index (κ3) is 3.50. The normalized spacial score (nSPS) is 18.4. The lowest BCUT2D eigenvalue weighted by molar-refractivity contribution is 0.413. The van der Waals surface area contributed by atoms with Gasteiger partial charge in [0.1, 0.15) is 9.84 Å². The Morgan fingerprint density at radius 2 is 1.74 bits per heavy atom. The Hall–Kier alpha value is -1.62. The second-order valence-corrected chi connectivity index (χ2v) is 9.11. The van der Waals surface area contributed by atoms with Crippen molar-refractivity contribution in [2.75, 3.05) is 11.5 Å². The number of sulfone groups is 1. The molecule has 0 bridgehead atoms. The lowest BCUT2D eigenvalue weighted by Crippen LogP contribution is -2.26. The summed E-state index contributed by atoms with van der Waals surface area (Å²) in [6, 6.07) is 10.8. The second kappa shape index (κ2) is 6.11. The predicted molar refractivity (Wildman–Crippen MR) is 93.4 cm³/mol. The zero-order valence-electron chi connectivity index (χ0n) is 14.0. The molecule has 1 aliphatic heterocycles. The Morgan fingerprint density at radius 3 is 2.30 bits per heavy atom. The Labute approximate surface area is 138 Å². The SMILES string of the molecule is Cc1ccc(-c2cc(C(C)C)nn2C2CCS(=O)(=O)CC2)cc1. The summed E-state index contributed by atoms with van der Waals surface area (Å²) in [7, 11) is -2.86. The van der Waals surface area contributed by atoms with Gasteiger partial charge in [-0.3, -0.25) is 4.68 Å². The summed E-state index contributed by atoms with van der Waals surface area (Å²) in [5, 5.41) is 4.80. The summed E-state index contributed by atoms with van der Waals surface area (Å²) in [6.45, 7) is 6.35. The van der Waals surface area contributed by atoms with Crippen LogP contribution in [-0.4, -0.2) is 29.7 Å². The first-order valence-electron chi connectivity index (χ1n) is 8.22. The molecule has 1 aromatic heterocycles. The van der Waals surface area contributed by atoms with Crippen LogP contribution in [0.3, 0.4) is 0 Å². The van der Waals surface area contributed by atoms with Crippen molar-refractivity contribution < 1.29 is 8.42 Å². The van der Waals surface area contributed by atoms with E-state index >= 15 is 0 Å². The van der Waals surface area contributed by atoms with Crippen LogP contribution >= 0.6 is 0 Å². The van der Waals surface area contributed by atoms with E-state index in [4.69, 9.17) is 5.10 Å². The molecule has 0 N–H and O–H groups in total. The minimum atomic E-state index is -2.86. The molecule has 3 rings (SSSR count). The van der Waals surface area contributed by atoms with Crippen molar-refractivity contribution in [1.29, 1.82) is 0 Å². The summed E-state index contributed by atoms with van der Waals surface area (Å²) < 4.78 is 25.5. The van der Waals surface area contributed by atoms with Crippen LogP contribution in [0.5, 0.6) is 0 Å². The Morgan fingerprint density at radius 1 is 1.13 bits per heavy atom. The van der Waals surface area contributed by atoms with Crippen LogP contribution in [0, 0.1) is 6.92 Å². The number of hydrogen-bond donors (Lipinski definition) is 0. The van der Waals surface area contributed by atoms with E-state index in [9.17, 15) is 8.42 Å². The maximum atomic E-state index is 11.7. The van der Waals surface area contributed by atoms with Crippen molar-refractivity contribution in [3.63, 3.8) is 0 Å². The lowest BCUT2D eigenvalue weighted by atomic mass is 10.1. The zero-order valence-corrected chi connectivity index (χ0v) is 14.8. The minimum Gasteiger partial charge on any atom is -0.261 e. The van der Waals surface area contributed by atoms with E-state index < -0.39 is 9.84 Å². The highest BCUT2D eigenvalue weighted by Gasteiger charge is 2.27. The first-order valence-corrected chi connectivity index (χ1v) is 10.0. The lowest BCUT2D eigenvalue weighted by Gasteiger charge is -2.24. The molecule has 2 heterocycles. The molecule has 0 amide bonds. The summed E-state index contributed by atoms with van der Waals surface area (Å²) in [5.74, 6) is 0.886. The van der Waals surface area contributed by atoms with E-state index in [1.807, 2.05) is 0 Å². The molecule has 1 aromatic carbocycles. The summed E-state index contributed by atoms with van der Waals surface area (Å²) in [6.07, 6.45) is 1.31. The van der Waals surface area contributed by atoms with E-state index in [1.54, 1.807) is 0 Å².